The van der Waals surface area contributed by atoms with Crippen molar-refractivity contribution in [1.29, 1.82) is 0 Å². The smallest absolute Gasteiger partial charge is 0.224 e. The molecule has 74 valence electrons. The summed E-state index contributed by atoms with van der Waals surface area (Å²) >= 11 is 0. The highest BCUT2D eigenvalue weighted by atomic mass is 16.3. The monoisotopic (exact) mass is 191 g/mol. The third kappa shape index (κ3) is 1.71. The lowest BCUT2D eigenvalue weighted by Gasteiger charge is -2.20. The van der Waals surface area contributed by atoms with Crippen LogP contribution in [-0.4, -0.2) is 17.1 Å². The molecule has 1 aliphatic rings. The van der Waals surface area contributed by atoms with Gasteiger partial charge in [-0.3, -0.25) is 4.79 Å². The fourth-order valence-electron chi connectivity index (χ4n) is 1.60. The summed E-state index contributed by atoms with van der Waals surface area (Å²) in [5, 5.41) is 9.13. The Morgan fingerprint density at radius 2 is 1.93 bits per heavy atom. The number of nitrogens with zero attached hydrogens (tertiary/aromatic N) is 1. The molecule has 2 rings (SSSR count). The number of rotatable bonds is 2. The molecule has 0 unspecified atom stereocenters. The van der Waals surface area contributed by atoms with Crippen LogP contribution >= 0.6 is 0 Å². The first-order valence-corrected chi connectivity index (χ1v) is 4.77. The normalized spacial score (nSPS) is 15.2. The molecule has 3 nitrogen and oxygen atoms in total. The van der Waals surface area contributed by atoms with Gasteiger partial charge in [0, 0.05) is 18.7 Å². The number of carbonyl (C=O) groups is 1. The second kappa shape index (κ2) is 3.33. The highest BCUT2D eigenvalue weighted by Gasteiger charge is 2.31. The zero-order chi connectivity index (χ0) is 10.1. The number of anilines is 1. The van der Waals surface area contributed by atoms with Gasteiger partial charge in [-0.2, -0.15) is 0 Å². The van der Waals surface area contributed by atoms with E-state index in [9.17, 15) is 4.79 Å². The minimum absolute atomic E-state index is 0.0678. The molecule has 0 heterocycles. The van der Waals surface area contributed by atoms with Gasteiger partial charge in [0.1, 0.15) is 5.75 Å². The summed E-state index contributed by atoms with van der Waals surface area (Å²) in [7, 11) is 0. The van der Waals surface area contributed by atoms with Crippen molar-refractivity contribution in [2.24, 2.45) is 0 Å². The molecule has 0 atom stereocenters. The van der Waals surface area contributed by atoms with E-state index in [1.807, 2.05) is 0 Å². The predicted octanol–water partition coefficient (Wildman–Crippen LogP) is 1.91. The molecule has 1 N–H and O–H groups in total. The maximum Gasteiger partial charge on any atom is 0.224 e. The van der Waals surface area contributed by atoms with Gasteiger partial charge in [-0.15, -0.1) is 0 Å². The van der Waals surface area contributed by atoms with E-state index in [2.05, 4.69) is 0 Å². The molecular weight excluding hydrogens is 178 g/mol. The summed E-state index contributed by atoms with van der Waals surface area (Å²) in [6, 6.07) is 7.13. The van der Waals surface area contributed by atoms with Crippen LogP contribution in [0.5, 0.6) is 5.75 Å². The van der Waals surface area contributed by atoms with E-state index in [0.717, 1.165) is 18.5 Å². The molecule has 1 saturated carbocycles. The van der Waals surface area contributed by atoms with Crippen LogP contribution in [0.2, 0.25) is 0 Å². The molecular formula is C11H13NO2. The maximum atomic E-state index is 11.4. The van der Waals surface area contributed by atoms with Crippen molar-refractivity contribution < 1.29 is 9.90 Å². The van der Waals surface area contributed by atoms with E-state index < -0.39 is 0 Å². The van der Waals surface area contributed by atoms with Crippen LogP contribution in [0.1, 0.15) is 19.8 Å². The summed E-state index contributed by atoms with van der Waals surface area (Å²) < 4.78 is 0. The van der Waals surface area contributed by atoms with Crippen molar-refractivity contribution in [2.75, 3.05) is 4.90 Å². The molecule has 14 heavy (non-hydrogen) atoms. The zero-order valence-corrected chi connectivity index (χ0v) is 8.10. The van der Waals surface area contributed by atoms with Gasteiger partial charge < -0.3 is 10.0 Å². The van der Waals surface area contributed by atoms with Crippen molar-refractivity contribution in [1.82, 2.24) is 0 Å². The summed E-state index contributed by atoms with van der Waals surface area (Å²) in [5.74, 6) is 0.297. The number of phenols is 1. The SMILES string of the molecule is CC(=O)N(c1ccc(O)cc1)C1CC1. The predicted molar refractivity (Wildman–Crippen MR) is 54.3 cm³/mol. The fraction of sp³-hybridized carbons (Fsp3) is 0.364. The molecule has 0 saturated heterocycles. The van der Waals surface area contributed by atoms with Crippen LogP contribution in [-0.2, 0) is 4.79 Å². The minimum atomic E-state index is 0.0678. The lowest BCUT2D eigenvalue weighted by atomic mass is 10.2. The van der Waals surface area contributed by atoms with Crippen LogP contribution in [0.3, 0.4) is 0 Å². The Kier molecular flexibility index (Phi) is 2.15. The quantitative estimate of drug-likeness (QED) is 0.775. The molecule has 3 heteroatoms. The summed E-state index contributed by atoms with van der Waals surface area (Å²) in [6.45, 7) is 1.57. The van der Waals surface area contributed by atoms with Crippen molar-refractivity contribution in [3.05, 3.63) is 24.3 Å². The van der Waals surface area contributed by atoms with Crippen LogP contribution < -0.4 is 4.90 Å². The first-order valence-electron chi connectivity index (χ1n) is 4.77. The van der Waals surface area contributed by atoms with Crippen LogP contribution in [0.25, 0.3) is 0 Å². The molecule has 1 fully saturated rings. The molecule has 1 aromatic rings. The average Bonchev–Trinajstić information content (AvgIpc) is 2.92. The molecule has 0 aliphatic heterocycles. The van der Waals surface area contributed by atoms with E-state index in [1.54, 1.807) is 36.1 Å². The van der Waals surface area contributed by atoms with Gasteiger partial charge in [0.25, 0.3) is 0 Å². The Balaban J connectivity index is 2.26. The number of carbonyl (C=O) groups excluding carboxylic acids is 1. The summed E-state index contributed by atoms with van der Waals surface area (Å²) in [5.41, 5.74) is 0.873. The van der Waals surface area contributed by atoms with Gasteiger partial charge in [-0.05, 0) is 37.1 Å². The van der Waals surface area contributed by atoms with E-state index in [0.29, 0.717) is 6.04 Å². The Hall–Kier alpha value is -1.51. The Morgan fingerprint density at radius 1 is 1.36 bits per heavy atom. The second-order valence-electron chi connectivity index (χ2n) is 3.64. The van der Waals surface area contributed by atoms with E-state index >= 15 is 0 Å². The average molecular weight is 191 g/mol. The molecule has 1 aromatic carbocycles. The fourth-order valence-corrected chi connectivity index (χ4v) is 1.60. The lowest BCUT2D eigenvalue weighted by Crippen LogP contribution is -2.30. The highest BCUT2D eigenvalue weighted by Crippen LogP contribution is 2.32. The van der Waals surface area contributed by atoms with E-state index in [4.69, 9.17) is 5.11 Å². The Bertz CT molecular complexity index is 341. The van der Waals surface area contributed by atoms with E-state index in [1.165, 1.54) is 0 Å². The van der Waals surface area contributed by atoms with Gasteiger partial charge in [-0.25, -0.2) is 0 Å². The number of benzene rings is 1. The van der Waals surface area contributed by atoms with Gasteiger partial charge in [0.2, 0.25) is 5.91 Å². The van der Waals surface area contributed by atoms with Crippen molar-refractivity contribution in [3.63, 3.8) is 0 Å². The maximum absolute atomic E-state index is 11.4. The third-order valence-corrected chi connectivity index (χ3v) is 2.38. The Morgan fingerprint density at radius 3 is 2.36 bits per heavy atom. The molecule has 1 amide bonds. The Labute approximate surface area is 83.0 Å². The van der Waals surface area contributed by atoms with Crippen molar-refractivity contribution in [2.45, 2.75) is 25.8 Å². The molecule has 0 aromatic heterocycles. The topological polar surface area (TPSA) is 40.5 Å². The number of amides is 1. The molecule has 0 radical (unpaired) electrons. The molecule has 1 aliphatic carbocycles. The number of aromatic hydroxyl groups is 1. The zero-order valence-electron chi connectivity index (χ0n) is 8.10. The largest absolute Gasteiger partial charge is 0.508 e. The number of phenolic OH excluding ortho intramolecular Hbond substituents is 1. The number of hydrogen-bond acceptors (Lipinski definition) is 2. The summed E-state index contributed by atoms with van der Waals surface area (Å²) in [4.78, 5) is 13.2. The summed E-state index contributed by atoms with van der Waals surface area (Å²) in [6.07, 6.45) is 2.17. The highest BCUT2D eigenvalue weighted by molar-refractivity contribution is 5.92. The van der Waals surface area contributed by atoms with Gasteiger partial charge in [0.15, 0.2) is 0 Å². The number of hydrogen-bond donors (Lipinski definition) is 1. The molecule has 0 spiro atoms. The van der Waals surface area contributed by atoms with Crippen molar-refractivity contribution in [3.8, 4) is 5.75 Å². The van der Waals surface area contributed by atoms with Crippen LogP contribution in [0.15, 0.2) is 24.3 Å². The first kappa shape index (κ1) is 9.06. The standard InChI is InChI=1S/C11H13NO2/c1-8(13)12(9-2-3-9)10-4-6-11(14)7-5-10/h4-7,9,14H,2-3H2,1H3. The van der Waals surface area contributed by atoms with Crippen LogP contribution in [0.4, 0.5) is 5.69 Å². The second-order valence-corrected chi connectivity index (χ2v) is 3.64. The van der Waals surface area contributed by atoms with Gasteiger partial charge >= 0.3 is 0 Å². The van der Waals surface area contributed by atoms with Gasteiger partial charge in [-0.1, -0.05) is 0 Å². The van der Waals surface area contributed by atoms with E-state index in [-0.39, 0.29) is 11.7 Å². The van der Waals surface area contributed by atoms with Crippen LogP contribution in [0, 0.1) is 0 Å². The minimum Gasteiger partial charge on any atom is -0.508 e. The van der Waals surface area contributed by atoms with Crippen molar-refractivity contribution >= 4 is 11.6 Å². The lowest BCUT2D eigenvalue weighted by molar-refractivity contribution is -0.116. The first-order chi connectivity index (χ1) is 6.68. The molecule has 0 bridgehead atoms. The van der Waals surface area contributed by atoms with Gasteiger partial charge in [0.05, 0.1) is 0 Å². The third-order valence-electron chi connectivity index (χ3n) is 2.38.